The van der Waals surface area contributed by atoms with Crippen LogP contribution in [0.2, 0.25) is 0 Å². The predicted molar refractivity (Wildman–Crippen MR) is 64.9 cm³/mol. The van der Waals surface area contributed by atoms with E-state index in [4.69, 9.17) is 9.47 Å². The fraction of sp³-hybridized carbons (Fsp3) is 0.333. The minimum atomic E-state index is -0.652. The molecule has 1 aromatic carbocycles. The fourth-order valence-electron chi connectivity index (χ4n) is 1.29. The second-order valence-electron chi connectivity index (χ2n) is 3.62. The molecule has 1 rings (SSSR count). The number of hydrogen-bond acceptors (Lipinski definition) is 6. The van der Waals surface area contributed by atoms with Gasteiger partial charge in [-0.15, -0.1) is 0 Å². The maximum atomic E-state index is 11.7. The molecule has 0 saturated heterocycles. The average molecular weight is 267 g/mol. The maximum absolute atomic E-state index is 11.7. The molecule has 0 heterocycles. The summed E-state index contributed by atoms with van der Waals surface area (Å²) in [6.45, 7) is 0.348. The second kappa shape index (κ2) is 7.22. The summed E-state index contributed by atoms with van der Waals surface area (Å²) in [4.78, 5) is 32.8. The summed E-state index contributed by atoms with van der Waals surface area (Å²) in [6.07, 6.45) is -0.401. The third-order valence-corrected chi connectivity index (χ3v) is 2.26. The number of Topliss-reactive ketones (excluding diaryl/α,β-unsaturated/α-hetero) is 1. The molecule has 0 aliphatic heterocycles. The smallest absolute Gasteiger partial charge is 0.313 e. The number of esters is 1. The molecule has 0 N–H and O–H groups in total. The van der Waals surface area contributed by atoms with Crippen LogP contribution in [0, 0.1) is 10.1 Å². The first-order valence-electron chi connectivity index (χ1n) is 5.47. The van der Waals surface area contributed by atoms with Crippen LogP contribution in [0.25, 0.3) is 0 Å². The summed E-state index contributed by atoms with van der Waals surface area (Å²) in [5.74, 6) is -1.10. The summed E-state index contributed by atoms with van der Waals surface area (Å²) in [7, 11) is 1.47. The van der Waals surface area contributed by atoms with Crippen LogP contribution in [-0.2, 0) is 14.3 Å². The van der Waals surface area contributed by atoms with E-state index in [0.29, 0.717) is 0 Å². The van der Waals surface area contributed by atoms with Crippen LogP contribution >= 0.6 is 0 Å². The van der Waals surface area contributed by atoms with Gasteiger partial charge in [-0.2, -0.15) is 0 Å². The van der Waals surface area contributed by atoms with Crippen LogP contribution in [0.4, 0.5) is 5.69 Å². The van der Waals surface area contributed by atoms with Gasteiger partial charge < -0.3 is 9.47 Å². The van der Waals surface area contributed by atoms with Gasteiger partial charge in [0, 0.05) is 24.8 Å². The van der Waals surface area contributed by atoms with E-state index in [1.807, 2.05) is 0 Å². The molecule has 0 amide bonds. The van der Waals surface area contributed by atoms with Crippen LogP contribution < -0.4 is 0 Å². The number of ketones is 1. The molecule has 0 atom stereocenters. The Kier molecular flexibility index (Phi) is 5.62. The van der Waals surface area contributed by atoms with E-state index in [2.05, 4.69) is 0 Å². The van der Waals surface area contributed by atoms with Crippen molar-refractivity contribution in [2.24, 2.45) is 0 Å². The number of ether oxygens (including phenoxy) is 2. The van der Waals surface area contributed by atoms with Gasteiger partial charge in [0.25, 0.3) is 5.69 Å². The lowest BCUT2D eigenvalue weighted by atomic mass is 10.1. The molecule has 0 spiro atoms. The number of methoxy groups -OCH3 is 1. The van der Waals surface area contributed by atoms with Crippen LogP contribution in [-0.4, -0.2) is 37.0 Å². The molecule has 0 bridgehead atoms. The minimum Gasteiger partial charge on any atom is -0.463 e. The highest BCUT2D eigenvalue weighted by molar-refractivity contribution is 6.06. The lowest BCUT2D eigenvalue weighted by Crippen LogP contribution is -2.14. The molecule has 7 heteroatoms. The zero-order valence-electron chi connectivity index (χ0n) is 10.3. The fourth-order valence-corrected chi connectivity index (χ4v) is 1.29. The van der Waals surface area contributed by atoms with E-state index in [1.165, 1.54) is 31.4 Å². The molecule has 1 aromatic rings. The number of non-ortho nitro benzene ring substituents is 1. The van der Waals surface area contributed by atoms with Crippen molar-refractivity contribution in [2.45, 2.75) is 6.42 Å². The second-order valence-corrected chi connectivity index (χ2v) is 3.62. The molecule has 102 valence electrons. The maximum Gasteiger partial charge on any atom is 0.313 e. The topological polar surface area (TPSA) is 95.7 Å². The van der Waals surface area contributed by atoms with E-state index in [-0.39, 0.29) is 24.5 Å². The monoisotopic (exact) mass is 267 g/mol. The van der Waals surface area contributed by atoms with Crippen molar-refractivity contribution in [2.75, 3.05) is 20.3 Å². The van der Waals surface area contributed by atoms with Gasteiger partial charge in [0.1, 0.15) is 13.0 Å². The SMILES string of the molecule is COCCOC(=O)CC(=O)c1ccc([N+](=O)[O-])cc1. The Balaban J connectivity index is 2.53. The van der Waals surface area contributed by atoms with Crippen molar-refractivity contribution in [1.82, 2.24) is 0 Å². The molecular weight excluding hydrogens is 254 g/mol. The van der Waals surface area contributed by atoms with Crippen molar-refractivity contribution in [3.63, 3.8) is 0 Å². The highest BCUT2D eigenvalue weighted by Gasteiger charge is 2.14. The van der Waals surface area contributed by atoms with Gasteiger partial charge in [0.2, 0.25) is 0 Å². The van der Waals surface area contributed by atoms with Gasteiger partial charge in [-0.05, 0) is 12.1 Å². The summed E-state index contributed by atoms with van der Waals surface area (Å²) >= 11 is 0. The average Bonchev–Trinajstić information content (AvgIpc) is 2.39. The van der Waals surface area contributed by atoms with Gasteiger partial charge in [-0.3, -0.25) is 19.7 Å². The molecule has 0 fully saturated rings. The number of benzene rings is 1. The predicted octanol–water partition coefficient (Wildman–Crippen LogP) is 1.36. The number of nitro benzene ring substituents is 1. The number of carbonyl (C=O) groups is 2. The van der Waals surface area contributed by atoms with Crippen LogP contribution in [0.5, 0.6) is 0 Å². The summed E-state index contributed by atoms with van der Waals surface area (Å²) < 4.78 is 9.43. The molecule has 0 saturated carbocycles. The van der Waals surface area contributed by atoms with Crippen molar-refractivity contribution in [3.8, 4) is 0 Å². The third kappa shape index (κ3) is 4.84. The van der Waals surface area contributed by atoms with Crippen molar-refractivity contribution in [3.05, 3.63) is 39.9 Å². The zero-order chi connectivity index (χ0) is 14.3. The van der Waals surface area contributed by atoms with Gasteiger partial charge in [0.15, 0.2) is 5.78 Å². The van der Waals surface area contributed by atoms with Gasteiger partial charge in [-0.25, -0.2) is 0 Å². The van der Waals surface area contributed by atoms with E-state index < -0.39 is 23.1 Å². The first-order valence-corrected chi connectivity index (χ1v) is 5.47. The molecule has 0 aliphatic rings. The number of rotatable bonds is 7. The van der Waals surface area contributed by atoms with Crippen LogP contribution in [0.15, 0.2) is 24.3 Å². The molecular formula is C12H13NO6. The molecule has 0 aromatic heterocycles. The Morgan fingerprint density at radius 2 is 1.84 bits per heavy atom. The lowest BCUT2D eigenvalue weighted by Gasteiger charge is -2.03. The van der Waals surface area contributed by atoms with Crippen LogP contribution in [0.1, 0.15) is 16.8 Å². The highest BCUT2D eigenvalue weighted by atomic mass is 16.6. The van der Waals surface area contributed by atoms with Crippen molar-refractivity contribution < 1.29 is 24.0 Å². The van der Waals surface area contributed by atoms with Gasteiger partial charge in [0.05, 0.1) is 11.5 Å². The molecule has 0 aliphatic carbocycles. The Bertz CT molecular complexity index is 468. The first-order chi connectivity index (χ1) is 9.04. The van der Waals surface area contributed by atoms with Crippen molar-refractivity contribution >= 4 is 17.4 Å². The minimum absolute atomic E-state index is 0.0862. The summed E-state index contributed by atoms with van der Waals surface area (Å²) in [6, 6.07) is 5.04. The summed E-state index contributed by atoms with van der Waals surface area (Å²) in [5, 5.41) is 10.4. The molecule has 7 nitrogen and oxygen atoms in total. The molecule has 0 unspecified atom stereocenters. The number of nitro groups is 1. The zero-order valence-corrected chi connectivity index (χ0v) is 10.3. The van der Waals surface area contributed by atoms with E-state index in [9.17, 15) is 19.7 Å². The van der Waals surface area contributed by atoms with Gasteiger partial charge in [-0.1, -0.05) is 0 Å². The number of hydrogen-bond donors (Lipinski definition) is 0. The molecule has 19 heavy (non-hydrogen) atoms. The Hall–Kier alpha value is -2.28. The van der Waals surface area contributed by atoms with E-state index in [1.54, 1.807) is 0 Å². The van der Waals surface area contributed by atoms with Crippen LogP contribution in [0.3, 0.4) is 0 Å². The number of nitrogens with zero attached hydrogens (tertiary/aromatic N) is 1. The normalized spacial score (nSPS) is 9.95. The molecule has 0 radical (unpaired) electrons. The Labute approximate surface area is 109 Å². The van der Waals surface area contributed by atoms with Gasteiger partial charge >= 0.3 is 5.97 Å². The Morgan fingerprint density at radius 1 is 1.21 bits per heavy atom. The highest BCUT2D eigenvalue weighted by Crippen LogP contribution is 2.13. The largest absolute Gasteiger partial charge is 0.463 e. The quantitative estimate of drug-likeness (QED) is 0.185. The Morgan fingerprint density at radius 3 is 2.37 bits per heavy atom. The number of carbonyl (C=O) groups excluding carboxylic acids is 2. The van der Waals surface area contributed by atoms with Crippen molar-refractivity contribution in [1.29, 1.82) is 0 Å². The van der Waals surface area contributed by atoms with E-state index in [0.717, 1.165) is 0 Å². The first kappa shape index (κ1) is 14.8. The third-order valence-electron chi connectivity index (χ3n) is 2.26. The summed E-state index contributed by atoms with van der Waals surface area (Å²) in [5.41, 5.74) is 0.119. The van der Waals surface area contributed by atoms with E-state index >= 15 is 0 Å². The lowest BCUT2D eigenvalue weighted by molar-refractivity contribution is -0.384. The standard InChI is InChI=1S/C12H13NO6/c1-18-6-7-19-12(15)8-11(14)9-2-4-10(5-3-9)13(16)17/h2-5H,6-8H2,1H3.